The predicted molar refractivity (Wildman–Crippen MR) is 142 cm³/mol. The molecule has 1 aliphatic rings. The van der Waals surface area contributed by atoms with Crippen LogP contribution >= 0.6 is 34.3 Å². The molecule has 1 aliphatic heterocycles. The lowest BCUT2D eigenvalue weighted by Gasteiger charge is -2.33. The topological polar surface area (TPSA) is 92.7 Å². The van der Waals surface area contributed by atoms with E-state index < -0.39 is 15.9 Å². The minimum Gasteiger partial charge on any atom is -0.494 e. The second-order valence-corrected chi connectivity index (χ2v) is 12.8. The first kappa shape index (κ1) is 25.1. The molecule has 0 N–H and O–H groups in total. The Labute approximate surface area is 222 Å². The van der Waals surface area contributed by atoms with Crippen LogP contribution in [0.15, 0.2) is 58.4 Å². The maximum atomic E-state index is 14.0. The lowest BCUT2D eigenvalue weighted by atomic mass is 9.98. The summed E-state index contributed by atoms with van der Waals surface area (Å²) in [7, 11) is -2.08. The van der Waals surface area contributed by atoms with E-state index in [1.54, 1.807) is 54.0 Å². The molecule has 1 amide bonds. The molecule has 1 aromatic carbocycles. The number of hydrogen-bond donors (Lipinski definition) is 0. The van der Waals surface area contributed by atoms with Gasteiger partial charge in [-0.05, 0) is 54.1 Å². The summed E-state index contributed by atoms with van der Waals surface area (Å²) in [5.41, 5.74) is 1.47. The van der Waals surface area contributed by atoms with Gasteiger partial charge in [0.1, 0.15) is 15.5 Å². The first-order chi connectivity index (χ1) is 17.4. The highest BCUT2D eigenvalue weighted by molar-refractivity contribution is 7.91. The van der Waals surface area contributed by atoms with Crippen LogP contribution in [0.5, 0.6) is 5.75 Å². The maximum Gasteiger partial charge on any atom is 0.252 e. The van der Waals surface area contributed by atoms with Gasteiger partial charge in [-0.15, -0.1) is 11.3 Å². The van der Waals surface area contributed by atoms with E-state index in [1.807, 2.05) is 12.1 Å². The van der Waals surface area contributed by atoms with Crippen molar-refractivity contribution in [2.24, 2.45) is 5.92 Å². The Bertz CT molecular complexity index is 1480. The number of fused-ring (bicyclic) bond motifs is 1. The molecule has 0 bridgehead atoms. The van der Waals surface area contributed by atoms with Gasteiger partial charge in [0, 0.05) is 25.5 Å². The molecule has 0 aliphatic carbocycles. The fourth-order valence-corrected chi connectivity index (χ4v) is 8.18. The molecular weight excluding hydrogens is 540 g/mol. The molecule has 1 fully saturated rings. The van der Waals surface area contributed by atoms with Gasteiger partial charge >= 0.3 is 0 Å². The molecule has 0 spiro atoms. The number of hydrogen-bond acceptors (Lipinski definition) is 8. The predicted octanol–water partition coefficient (Wildman–Crippen LogP) is 5.05. The van der Waals surface area contributed by atoms with E-state index in [1.165, 1.54) is 27.0 Å². The van der Waals surface area contributed by atoms with Crippen LogP contribution in [0, 0.1) is 5.92 Å². The van der Waals surface area contributed by atoms with Gasteiger partial charge in [-0.1, -0.05) is 29.0 Å². The zero-order valence-electron chi connectivity index (χ0n) is 19.3. The van der Waals surface area contributed by atoms with Gasteiger partial charge < -0.3 is 4.74 Å². The summed E-state index contributed by atoms with van der Waals surface area (Å²) in [5.74, 6) is -0.106. The zero-order valence-corrected chi connectivity index (χ0v) is 22.5. The van der Waals surface area contributed by atoms with Crippen molar-refractivity contribution < 1.29 is 17.9 Å². The maximum absolute atomic E-state index is 14.0. The highest BCUT2D eigenvalue weighted by Crippen LogP contribution is 2.40. The van der Waals surface area contributed by atoms with Crippen molar-refractivity contribution in [3.8, 4) is 5.75 Å². The van der Waals surface area contributed by atoms with Gasteiger partial charge in [0.05, 0.1) is 29.3 Å². The number of halogens is 1. The van der Waals surface area contributed by atoms with Crippen LogP contribution < -0.4 is 9.64 Å². The molecule has 8 nitrogen and oxygen atoms in total. The van der Waals surface area contributed by atoms with Crippen LogP contribution in [0.3, 0.4) is 0 Å². The molecular formula is C24H23ClN4O4S3. The first-order valence-corrected chi connectivity index (χ1v) is 14.8. The number of methoxy groups -OCH3 is 1. The number of thiophene rings is 1. The lowest BCUT2D eigenvalue weighted by molar-refractivity contribution is -0.123. The highest BCUT2D eigenvalue weighted by Gasteiger charge is 2.36. The smallest absolute Gasteiger partial charge is 0.252 e. The van der Waals surface area contributed by atoms with E-state index >= 15 is 0 Å². The van der Waals surface area contributed by atoms with Crippen LogP contribution in [0.1, 0.15) is 18.4 Å². The average Bonchev–Trinajstić information content (AvgIpc) is 3.60. The number of carbonyl (C=O) groups is 1. The molecule has 4 aromatic rings. The minimum absolute atomic E-state index is 0.126. The number of anilines is 1. The molecule has 0 saturated carbocycles. The van der Waals surface area contributed by atoms with Crippen LogP contribution in [-0.2, 0) is 21.4 Å². The van der Waals surface area contributed by atoms with Crippen molar-refractivity contribution in [3.63, 3.8) is 0 Å². The van der Waals surface area contributed by atoms with E-state index in [0.29, 0.717) is 40.8 Å². The second kappa shape index (κ2) is 10.4. The normalized spacial score (nSPS) is 16.8. The molecule has 5 rings (SSSR count). The van der Waals surface area contributed by atoms with E-state index in [2.05, 4.69) is 4.98 Å². The molecule has 188 valence electrons. The van der Waals surface area contributed by atoms with Crippen LogP contribution in [-0.4, -0.2) is 48.8 Å². The number of nitrogens with zero attached hydrogens (tertiary/aromatic N) is 4. The molecule has 1 saturated heterocycles. The summed E-state index contributed by atoms with van der Waals surface area (Å²) in [6.07, 6.45) is 4.54. The summed E-state index contributed by atoms with van der Waals surface area (Å²) in [4.78, 5) is 24.4. The van der Waals surface area contributed by atoms with Gasteiger partial charge in [-0.3, -0.25) is 14.7 Å². The van der Waals surface area contributed by atoms with Crippen molar-refractivity contribution >= 4 is 65.6 Å². The minimum atomic E-state index is -3.64. The molecule has 4 heterocycles. The van der Waals surface area contributed by atoms with Crippen LogP contribution in [0.2, 0.25) is 5.02 Å². The van der Waals surface area contributed by atoms with Crippen LogP contribution in [0.25, 0.3) is 10.2 Å². The third-order valence-electron chi connectivity index (χ3n) is 6.08. The highest BCUT2D eigenvalue weighted by atomic mass is 35.5. The fourth-order valence-electron chi connectivity index (χ4n) is 4.25. The van der Waals surface area contributed by atoms with E-state index in [4.69, 9.17) is 21.3 Å². The summed E-state index contributed by atoms with van der Waals surface area (Å²) < 4.78 is 34.2. The molecule has 3 aromatic heterocycles. The standard InChI is InChI=1S/C24H23ClN4O4S3/c1-33-19-7-6-18(25)22-21(19)27-24(35-22)29(14-16-8-10-26-11-9-16)23(30)17-4-2-12-28(15-17)36(31,32)20-5-3-13-34-20/h3,5-11,13,17H,2,4,12,14-15H2,1H3. The molecule has 1 atom stereocenters. The molecule has 0 radical (unpaired) electrons. The molecule has 1 unspecified atom stereocenters. The number of pyridine rings is 1. The second-order valence-electron chi connectivity index (χ2n) is 8.34. The Morgan fingerprint density at radius 2 is 2.06 bits per heavy atom. The average molecular weight is 563 g/mol. The third-order valence-corrected chi connectivity index (χ3v) is 10.9. The summed E-state index contributed by atoms with van der Waals surface area (Å²) in [6.45, 7) is 0.790. The van der Waals surface area contributed by atoms with Gasteiger partial charge in [0.15, 0.2) is 5.13 Å². The van der Waals surface area contributed by atoms with E-state index in [0.717, 1.165) is 10.3 Å². The Morgan fingerprint density at radius 3 is 2.78 bits per heavy atom. The quantitative estimate of drug-likeness (QED) is 0.313. The summed E-state index contributed by atoms with van der Waals surface area (Å²) >= 11 is 8.94. The molecule has 36 heavy (non-hydrogen) atoms. The SMILES string of the molecule is COc1ccc(Cl)c2sc(N(Cc3ccncc3)C(=O)C3CCCN(S(=O)(=O)c4cccs4)C3)nc12. The van der Waals surface area contributed by atoms with Crippen molar-refractivity contribution in [1.82, 2.24) is 14.3 Å². The van der Waals surface area contributed by atoms with Crippen molar-refractivity contribution in [1.29, 1.82) is 0 Å². The number of aromatic nitrogens is 2. The van der Waals surface area contributed by atoms with Gasteiger partial charge in [0.2, 0.25) is 5.91 Å². The Hall–Kier alpha value is -2.57. The first-order valence-electron chi connectivity index (χ1n) is 11.3. The number of rotatable bonds is 7. The van der Waals surface area contributed by atoms with Gasteiger partial charge in [0.25, 0.3) is 10.0 Å². The lowest BCUT2D eigenvalue weighted by Crippen LogP contribution is -2.46. The van der Waals surface area contributed by atoms with E-state index in [9.17, 15) is 13.2 Å². The number of carbonyl (C=O) groups excluding carboxylic acids is 1. The fraction of sp³-hybridized carbons (Fsp3) is 0.292. The van der Waals surface area contributed by atoms with E-state index in [-0.39, 0.29) is 23.2 Å². The monoisotopic (exact) mass is 562 g/mol. The Balaban J connectivity index is 1.49. The van der Waals surface area contributed by atoms with Gasteiger partial charge in [-0.2, -0.15) is 4.31 Å². The van der Waals surface area contributed by atoms with Crippen molar-refractivity contribution in [3.05, 3.63) is 64.8 Å². The van der Waals surface area contributed by atoms with Crippen molar-refractivity contribution in [2.45, 2.75) is 23.6 Å². The largest absolute Gasteiger partial charge is 0.494 e. The zero-order chi connectivity index (χ0) is 25.3. The number of sulfonamides is 1. The third kappa shape index (κ3) is 4.85. The van der Waals surface area contributed by atoms with Gasteiger partial charge in [-0.25, -0.2) is 13.4 Å². The summed E-state index contributed by atoms with van der Waals surface area (Å²) in [6, 6.07) is 10.5. The number of benzene rings is 1. The summed E-state index contributed by atoms with van der Waals surface area (Å²) in [5, 5.41) is 2.75. The van der Waals surface area contributed by atoms with Crippen LogP contribution in [0.4, 0.5) is 5.13 Å². The Morgan fingerprint density at radius 1 is 1.25 bits per heavy atom. The Kier molecular flexibility index (Phi) is 7.27. The number of amides is 1. The molecule has 12 heteroatoms. The van der Waals surface area contributed by atoms with Crippen molar-refractivity contribution in [2.75, 3.05) is 25.1 Å². The number of ether oxygens (including phenoxy) is 1. The number of thiazole rings is 1. The number of piperidine rings is 1.